The van der Waals surface area contributed by atoms with Crippen LogP contribution in [0.4, 0.5) is 0 Å². The van der Waals surface area contributed by atoms with Gasteiger partial charge in [-0.25, -0.2) is 0 Å². The molecule has 0 atom stereocenters. The van der Waals surface area contributed by atoms with Crippen LogP contribution in [0.2, 0.25) is 0 Å². The van der Waals surface area contributed by atoms with Gasteiger partial charge in [0.15, 0.2) is 5.96 Å². The van der Waals surface area contributed by atoms with E-state index in [9.17, 15) is 0 Å². The monoisotopic (exact) mass is 463 g/mol. The molecule has 25 heavy (non-hydrogen) atoms. The first kappa shape index (κ1) is 24.0. The lowest BCUT2D eigenvalue weighted by Gasteiger charge is -2.12. The second-order valence-electron chi connectivity index (χ2n) is 6.20. The van der Waals surface area contributed by atoms with Crippen molar-refractivity contribution in [1.29, 1.82) is 0 Å². The van der Waals surface area contributed by atoms with Gasteiger partial charge in [-0.1, -0.05) is 26.0 Å². The molecule has 0 spiro atoms. The molecular formula is C19H34IN3O2. The zero-order valence-corrected chi connectivity index (χ0v) is 18.3. The van der Waals surface area contributed by atoms with Gasteiger partial charge in [-0.15, -0.1) is 24.0 Å². The molecule has 144 valence electrons. The number of methoxy groups -OCH3 is 1. The number of hydrogen-bond acceptors (Lipinski definition) is 3. The minimum atomic E-state index is 0. The highest BCUT2D eigenvalue weighted by atomic mass is 127. The summed E-state index contributed by atoms with van der Waals surface area (Å²) in [6, 6.07) is 8.24. The van der Waals surface area contributed by atoms with Crippen molar-refractivity contribution in [3.8, 4) is 5.75 Å². The lowest BCUT2D eigenvalue weighted by molar-refractivity contribution is 0.108. The molecule has 0 aliphatic heterocycles. The summed E-state index contributed by atoms with van der Waals surface area (Å²) in [4.78, 5) is 4.24. The van der Waals surface area contributed by atoms with Gasteiger partial charge in [0.05, 0.1) is 7.11 Å². The van der Waals surface area contributed by atoms with Crippen molar-refractivity contribution in [3.05, 3.63) is 29.8 Å². The third-order valence-electron chi connectivity index (χ3n) is 3.53. The summed E-state index contributed by atoms with van der Waals surface area (Å²) in [5.41, 5.74) is 1.32. The molecule has 0 fully saturated rings. The predicted molar refractivity (Wildman–Crippen MR) is 116 cm³/mol. The number of halogens is 1. The molecule has 0 radical (unpaired) electrons. The Hall–Kier alpha value is -1.02. The van der Waals surface area contributed by atoms with Crippen molar-refractivity contribution in [2.75, 3.05) is 40.5 Å². The lowest BCUT2D eigenvalue weighted by atomic mass is 10.1. The van der Waals surface area contributed by atoms with Gasteiger partial charge in [-0.3, -0.25) is 4.99 Å². The van der Waals surface area contributed by atoms with Crippen LogP contribution in [0, 0.1) is 5.92 Å². The van der Waals surface area contributed by atoms with Gasteiger partial charge in [-0.05, 0) is 42.9 Å². The zero-order chi connectivity index (χ0) is 17.6. The molecule has 6 heteroatoms. The summed E-state index contributed by atoms with van der Waals surface area (Å²) in [6.45, 7) is 7.72. The molecule has 0 bridgehead atoms. The SMILES string of the molecule is CN=C(NCCCOCC(C)C)NCCCc1ccc(OC)cc1.I. The number of rotatable bonds is 11. The maximum absolute atomic E-state index is 5.57. The summed E-state index contributed by atoms with van der Waals surface area (Å²) in [7, 11) is 3.49. The van der Waals surface area contributed by atoms with E-state index in [0.717, 1.165) is 57.3 Å². The number of aryl methyl sites for hydroxylation is 1. The molecule has 0 aromatic heterocycles. The van der Waals surface area contributed by atoms with Crippen LogP contribution in [0.3, 0.4) is 0 Å². The highest BCUT2D eigenvalue weighted by Crippen LogP contribution is 2.12. The average Bonchev–Trinajstić information content (AvgIpc) is 2.60. The van der Waals surface area contributed by atoms with Gasteiger partial charge in [0.1, 0.15) is 5.75 Å². The Kier molecular flexibility index (Phi) is 14.6. The fourth-order valence-electron chi connectivity index (χ4n) is 2.21. The largest absolute Gasteiger partial charge is 0.497 e. The Balaban J connectivity index is 0.00000576. The van der Waals surface area contributed by atoms with Crippen molar-refractivity contribution in [1.82, 2.24) is 10.6 Å². The van der Waals surface area contributed by atoms with Gasteiger partial charge in [-0.2, -0.15) is 0 Å². The molecule has 2 N–H and O–H groups in total. The van der Waals surface area contributed by atoms with Crippen LogP contribution in [-0.2, 0) is 11.2 Å². The van der Waals surface area contributed by atoms with Crippen molar-refractivity contribution in [2.45, 2.75) is 33.1 Å². The molecule has 0 heterocycles. The van der Waals surface area contributed by atoms with Crippen LogP contribution in [0.15, 0.2) is 29.3 Å². The smallest absolute Gasteiger partial charge is 0.190 e. The van der Waals surface area contributed by atoms with Gasteiger partial charge in [0.25, 0.3) is 0 Å². The van der Waals surface area contributed by atoms with E-state index < -0.39 is 0 Å². The number of aliphatic imine (C=N–C) groups is 1. The maximum Gasteiger partial charge on any atom is 0.190 e. The normalized spacial score (nSPS) is 11.2. The molecule has 1 rings (SSSR count). The molecule has 1 aromatic rings. The average molecular weight is 463 g/mol. The van der Waals surface area contributed by atoms with E-state index in [1.54, 1.807) is 14.2 Å². The molecule has 0 saturated heterocycles. The van der Waals surface area contributed by atoms with Crippen LogP contribution in [-0.4, -0.2) is 46.4 Å². The van der Waals surface area contributed by atoms with Crippen LogP contribution in [0.1, 0.15) is 32.3 Å². The van der Waals surface area contributed by atoms with Crippen LogP contribution >= 0.6 is 24.0 Å². The number of ether oxygens (including phenoxy) is 2. The summed E-state index contributed by atoms with van der Waals surface area (Å²) in [5.74, 6) is 2.35. The van der Waals surface area contributed by atoms with Crippen LogP contribution in [0.5, 0.6) is 5.75 Å². The van der Waals surface area contributed by atoms with E-state index in [-0.39, 0.29) is 24.0 Å². The Morgan fingerprint density at radius 2 is 1.72 bits per heavy atom. The van der Waals surface area contributed by atoms with Crippen molar-refractivity contribution in [3.63, 3.8) is 0 Å². The minimum absolute atomic E-state index is 0. The number of nitrogens with one attached hydrogen (secondary N) is 2. The van der Waals surface area contributed by atoms with Gasteiger partial charge in [0, 0.05) is 33.4 Å². The Bertz CT molecular complexity index is 464. The number of benzene rings is 1. The summed E-state index contributed by atoms with van der Waals surface area (Å²) in [5, 5.41) is 6.66. The molecule has 1 aromatic carbocycles. The van der Waals surface area contributed by atoms with Crippen molar-refractivity contribution >= 4 is 29.9 Å². The first-order chi connectivity index (χ1) is 11.7. The number of nitrogens with zero attached hydrogens (tertiary/aromatic N) is 1. The van der Waals surface area contributed by atoms with E-state index in [1.807, 2.05) is 12.1 Å². The van der Waals surface area contributed by atoms with Crippen molar-refractivity contribution in [2.24, 2.45) is 10.9 Å². The Morgan fingerprint density at radius 1 is 1.08 bits per heavy atom. The Labute approximate surface area is 170 Å². The first-order valence-corrected chi connectivity index (χ1v) is 8.81. The fourth-order valence-corrected chi connectivity index (χ4v) is 2.21. The lowest BCUT2D eigenvalue weighted by Crippen LogP contribution is -2.38. The third-order valence-corrected chi connectivity index (χ3v) is 3.53. The zero-order valence-electron chi connectivity index (χ0n) is 16.0. The van der Waals surface area contributed by atoms with E-state index in [2.05, 4.69) is 41.6 Å². The van der Waals surface area contributed by atoms with E-state index >= 15 is 0 Å². The van der Waals surface area contributed by atoms with Gasteiger partial charge in [0.2, 0.25) is 0 Å². The quantitative estimate of drug-likeness (QED) is 0.229. The van der Waals surface area contributed by atoms with E-state index in [0.29, 0.717) is 5.92 Å². The van der Waals surface area contributed by atoms with Gasteiger partial charge >= 0.3 is 0 Å². The standard InChI is InChI=1S/C19H33N3O2.HI/c1-16(2)15-24-14-6-13-22-19(20-3)21-12-5-7-17-8-10-18(23-4)11-9-17;/h8-11,16H,5-7,12-15H2,1-4H3,(H2,20,21,22);1H. The highest BCUT2D eigenvalue weighted by Gasteiger charge is 1.99. The summed E-state index contributed by atoms with van der Waals surface area (Å²) in [6.07, 6.45) is 3.08. The van der Waals surface area contributed by atoms with Gasteiger partial charge < -0.3 is 20.1 Å². The molecule has 0 aliphatic rings. The summed E-state index contributed by atoms with van der Waals surface area (Å²) >= 11 is 0. The van der Waals surface area contributed by atoms with Crippen molar-refractivity contribution < 1.29 is 9.47 Å². The molecule has 0 amide bonds. The maximum atomic E-state index is 5.57. The second-order valence-corrected chi connectivity index (χ2v) is 6.20. The van der Waals surface area contributed by atoms with Crippen LogP contribution < -0.4 is 15.4 Å². The number of guanidine groups is 1. The molecule has 0 unspecified atom stereocenters. The topological polar surface area (TPSA) is 54.9 Å². The third kappa shape index (κ3) is 12.0. The summed E-state index contributed by atoms with van der Waals surface area (Å²) < 4.78 is 10.7. The highest BCUT2D eigenvalue weighted by molar-refractivity contribution is 14.0. The Morgan fingerprint density at radius 3 is 2.28 bits per heavy atom. The molecule has 5 nitrogen and oxygen atoms in total. The fraction of sp³-hybridized carbons (Fsp3) is 0.632. The van der Waals surface area contributed by atoms with E-state index in [4.69, 9.17) is 9.47 Å². The molecule has 0 saturated carbocycles. The minimum Gasteiger partial charge on any atom is -0.497 e. The van der Waals surface area contributed by atoms with E-state index in [1.165, 1.54) is 5.56 Å². The first-order valence-electron chi connectivity index (χ1n) is 8.81. The second kappa shape index (κ2) is 15.3. The van der Waals surface area contributed by atoms with Crippen LogP contribution in [0.25, 0.3) is 0 Å². The molecular weight excluding hydrogens is 429 g/mol. The predicted octanol–water partition coefficient (Wildman–Crippen LogP) is 3.47. The molecule has 0 aliphatic carbocycles. The number of hydrogen-bond donors (Lipinski definition) is 2.